The molecular weight excluding hydrogens is 362 g/mol. The van der Waals surface area contributed by atoms with Gasteiger partial charge in [-0.05, 0) is 56.9 Å². The lowest BCUT2D eigenvalue weighted by Gasteiger charge is -2.26. The number of rotatable bonds is 12. The van der Waals surface area contributed by atoms with Crippen LogP contribution in [0.2, 0.25) is 0 Å². The Morgan fingerprint density at radius 1 is 1.17 bits per heavy atom. The molecule has 0 bridgehead atoms. The van der Waals surface area contributed by atoms with Crippen LogP contribution in [0.3, 0.4) is 0 Å². The standard InChI is InChI=1S/C25H43NO3/c1-2-3-5-9-22(27)10-11-23-24-18-20(17-21(24)19-25(23)28)8-6-4-7-12-26-13-15-29-16-14-26/h10-11,17,21-25,27-28H,2-9,12-16,18-19H2,1H3/b11-10+/t21-,22-,23+,24-,25+/m0/s1. The summed E-state index contributed by atoms with van der Waals surface area (Å²) < 4.78 is 5.41. The zero-order valence-electron chi connectivity index (χ0n) is 18.5. The molecule has 0 radical (unpaired) electrons. The molecule has 0 amide bonds. The average Bonchev–Trinajstić information content (AvgIpc) is 3.23. The maximum Gasteiger partial charge on any atom is 0.0721 e. The Morgan fingerprint density at radius 3 is 2.79 bits per heavy atom. The number of morpholine rings is 1. The number of ether oxygens (including phenoxy) is 1. The molecule has 1 saturated heterocycles. The number of fused-ring (bicyclic) bond motifs is 1. The van der Waals surface area contributed by atoms with Crippen molar-refractivity contribution in [2.75, 3.05) is 32.8 Å². The summed E-state index contributed by atoms with van der Waals surface area (Å²) in [6.45, 7) is 7.39. The summed E-state index contributed by atoms with van der Waals surface area (Å²) in [7, 11) is 0. The van der Waals surface area contributed by atoms with E-state index in [2.05, 4.69) is 24.0 Å². The lowest BCUT2D eigenvalue weighted by Crippen LogP contribution is -2.36. The zero-order chi connectivity index (χ0) is 20.5. The van der Waals surface area contributed by atoms with Crippen LogP contribution in [-0.2, 0) is 4.74 Å². The van der Waals surface area contributed by atoms with E-state index in [9.17, 15) is 10.2 Å². The van der Waals surface area contributed by atoms with Crippen LogP contribution in [0.4, 0.5) is 0 Å². The lowest BCUT2D eigenvalue weighted by atomic mass is 9.88. The van der Waals surface area contributed by atoms with Gasteiger partial charge in [0.15, 0.2) is 0 Å². The van der Waals surface area contributed by atoms with Crippen LogP contribution in [0.25, 0.3) is 0 Å². The molecule has 3 rings (SSSR count). The molecule has 4 heteroatoms. The Balaban J connectivity index is 1.34. The monoisotopic (exact) mass is 405 g/mol. The fourth-order valence-corrected chi connectivity index (χ4v) is 5.44. The minimum absolute atomic E-state index is 0.218. The normalized spacial score (nSPS) is 31.3. The van der Waals surface area contributed by atoms with Crippen LogP contribution in [-0.4, -0.2) is 60.2 Å². The summed E-state index contributed by atoms with van der Waals surface area (Å²) in [6, 6.07) is 0. The van der Waals surface area contributed by atoms with Crippen molar-refractivity contribution in [1.82, 2.24) is 4.90 Å². The van der Waals surface area contributed by atoms with Crippen molar-refractivity contribution in [2.45, 2.75) is 83.3 Å². The third-order valence-corrected chi connectivity index (χ3v) is 7.18. The van der Waals surface area contributed by atoms with E-state index in [1.54, 1.807) is 5.57 Å². The highest BCUT2D eigenvalue weighted by Gasteiger charge is 2.43. The predicted molar refractivity (Wildman–Crippen MR) is 119 cm³/mol. The quantitative estimate of drug-likeness (QED) is 0.375. The largest absolute Gasteiger partial charge is 0.392 e. The summed E-state index contributed by atoms with van der Waals surface area (Å²) in [5, 5.41) is 20.7. The molecule has 0 aromatic heterocycles. The number of aliphatic hydroxyl groups excluding tert-OH is 2. The maximum absolute atomic E-state index is 10.5. The predicted octanol–water partition coefficient (Wildman–Crippen LogP) is 4.32. The summed E-state index contributed by atoms with van der Waals surface area (Å²) in [5.74, 6) is 1.31. The van der Waals surface area contributed by atoms with E-state index in [-0.39, 0.29) is 18.1 Å². The first kappa shape index (κ1) is 23.0. The Labute approximate surface area is 178 Å². The molecule has 2 N–H and O–H groups in total. The van der Waals surface area contributed by atoms with Crippen molar-refractivity contribution in [3.05, 3.63) is 23.8 Å². The maximum atomic E-state index is 10.5. The summed E-state index contributed by atoms with van der Waals surface area (Å²) in [5.41, 5.74) is 1.61. The average molecular weight is 406 g/mol. The second-order valence-corrected chi connectivity index (χ2v) is 9.45. The van der Waals surface area contributed by atoms with Gasteiger partial charge in [-0.15, -0.1) is 0 Å². The van der Waals surface area contributed by atoms with Gasteiger partial charge in [-0.1, -0.05) is 56.4 Å². The smallest absolute Gasteiger partial charge is 0.0721 e. The zero-order valence-corrected chi connectivity index (χ0v) is 18.5. The molecule has 0 unspecified atom stereocenters. The Morgan fingerprint density at radius 2 is 2.00 bits per heavy atom. The van der Waals surface area contributed by atoms with Crippen molar-refractivity contribution >= 4 is 0 Å². The van der Waals surface area contributed by atoms with E-state index in [1.165, 1.54) is 45.1 Å². The van der Waals surface area contributed by atoms with Crippen LogP contribution in [0.1, 0.15) is 71.1 Å². The molecule has 3 aliphatic rings. The van der Waals surface area contributed by atoms with Gasteiger partial charge in [0.2, 0.25) is 0 Å². The van der Waals surface area contributed by atoms with Gasteiger partial charge in [0.05, 0.1) is 25.4 Å². The summed E-state index contributed by atoms with van der Waals surface area (Å²) >= 11 is 0. The van der Waals surface area contributed by atoms with Crippen LogP contribution in [0.15, 0.2) is 23.8 Å². The molecular formula is C25H43NO3. The van der Waals surface area contributed by atoms with Crippen molar-refractivity contribution in [3.8, 4) is 0 Å². The second kappa shape index (κ2) is 12.2. The summed E-state index contributed by atoms with van der Waals surface area (Å²) in [4.78, 5) is 2.53. The SMILES string of the molecule is CCCCC[C@H](O)/C=C/[C@@H]1[C@H]2CC(CCCCCN3CCOCC3)=C[C@H]2C[C@H]1O. The van der Waals surface area contributed by atoms with Crippen LogP contribution >= 0.6 is 0 Å². The molecule has 1 heterocycles. The van der Waals surface area contributed by atoms with E-state index in [1.807, 2.05) is 6.08 Å². The number of aliphatic hydroxyl groups is 2. The number of unbranched alkanes of at least 4 members (excludes halogenated alkanes) is 4. The van der Waals surface area contributed by atoms with Gasteiger partial charge in [-0.2, -0.15) is 0 Å². The third kappa shape index (κ3) is 7.20. The number of hydrogen-bond donors (Lipinski definition) is 2. The minimum atomic E-state index is -0.354. The van der Waals surface area contributed by atoms with Gasteiger partial charge in [-0.3, -0.25) is 4.90 Å². The molecule has 1 aliphatic heterocycles. The van der Waals surface area contributed by atoms with E-state index >= 15 is 0 Å². The second-order valence-electron chi connectivity index (χ2n) is 9.45. The number of hydrogen-bond acceptors (Lipinski definition) is 4. The fraction of sp³-hybridized carbons (Fsp3) is 0.840. The highest BCUT2D eigenvalue weighted by molar-refractivity contribution is 5.21. The first-order valence-corrected chi connectivity index (χ1v) is 12.2. The van der Waals surface area contributed by atoms with E-state index in [0.717, 1.165) is 52.0 Å². The van der Waals surface area contributed by atoms with Gasteiger partial charge < -0.3 is 14.9 Å². The van der Waals surface area contributed by atoms with E-state index in [4.69, 9.17) is 4.74 Å². The van der Waals surface area contributed by atoms with Crippen molar-refractivity contribution in [3.63, 3.8) is 0 Å². The molecule has 1 saturated carbocycles. The molecule has 166 valence electrons. The Kier molecular flexibility index (Phi) is 9.71. The van der Waals surface area contributed by atoms with Gasteiger partial charge >= 0.3 is 0 Å². The van der Waals surface area contributed by atoms with Crippen molar-refractivity contribution in [1.29, 1.82) is 0 Å². The lowest BCUT2D eigenvalue weighted by molar-refractivity contribution is 0.0371. The highest BCUT2D eigenvalue weighted by atomic mass is 16.5. The molecule has 0 spiro atoms. The molecule has 0 aromatic carbocycles. The van der Waals surface area contributed by atoms with Crippen molar-refractivity contribution < 1.29 is 14.9 Å². The van der Waals surface area contributed by atoms with Crippen LogP contribution in [0, 0.1) is 17.8 Å². The minimum Gasteiger partial charge on any atom is -0.392 e. The molecule has 29 heavy (non-hydrogen) atoms. The Bertz CT molecular complexity index is 526. The molecule has 2 fully saturated rings. The van der Waals surface area contributed by atoms with E-state index < -0.39 is 0 Å². The number of allylic oxidation sites excluding steroid dienone is 2. The third-order valence-electron chi connectivity index (χ3n) is 7.18. The van der Waals surface area contributed by atoms with Crippen LogP contribution < -0.4 is 0 Å². The molecule has 2 aliphatic carbocycles. The van der Waals surface area contributed by atoms with Gasteiger partial charge in [-0.25, -0.2) is 0 Å². The van der Waals surface area contributed by atoms with Gasteiger partial charge in [0.25, 0.3) is 0 Å². The topological polar surface area (TPSA) is 52.9 Å². The van der Waals surface area contributed by atoms with Gasteiger partial charge in [0, 0.05) is 19.0 Å². The van der Waals surface area contributed by atoms with E-state index in [0.29, 0.717) is 11.8 Å². The highest BCUT2D eigenvalue weighted by Crippen LogP contribution is 2.48. The van der Waals surface area contributed by atoms with Crippen molar-refractivity contribution in [2.24, 2.45) is 17.8 Å². The van der Waals surface area contributed by atoms with Crippen LogP contribution in [0.5, 0.6) is 0 Å². The first-order valence-electron chi connectivity index (χ1n) is 12.2. The Hall–Kier alpha value is -0.680. The summed E-state index contributed by atoms with van der Waals surface area (Å²) in [6.07, 6.45) is 17.4. The fourth-order valence-electron chi connectivity index (χ4n) is 5.44. The first-order chi connectivity index (χ1) is 14.2. The van der Waals surface area contributed by atoms with Gasteiger partial charge in [0.1, 0.15) is 0 Å². The number of nitrogens with zero attached hydrogens (tertiary/aromatic N) is 1. The molecule has 5 atom stereocenters. The molecule has 0 aromatic rings. The molecule has 4 nitrogen and oxygen atoms in total.